The SMILES string of the molecule is CCOC(=O)CCNC(=O)CCc1ccc(OC)c(OC)c1. The number of carbonyl (C=O) groups is 2. The zero-order valence-electron chi connectivity index (χ0n) is 13.3. The molecule has 0 saturated heterocycles. The largest absolute Gasteiger partial charge is 0.493 e. The molecule has 1 amide bonds. The minimum atomic E-state index is -0.303. The summed E-state index contributed by atoms with van der Waals surface area (Å²) in [7, 11) is 3.15. The van der Waals surface area contributed by atoms with E-state index >= 15 is 0 Å². The summed E-state index contributed by atoms with van der Waals surface area (Å²) >= 11 is 0. The van der Waals surface area contributed by atoms with Crippen LogP contribution in [-0.2, 0) is 20.7 Å². The maximum Gasteiger partial charge on any atom is 0.307 e. The van der Waals surface area contributed by atoms with Gasteiger partial charge in [-0.05, 0) is 31.0 Å². The second-order valence-corrected chi connectivity index (χ2v) is 4.59. The van der Waals surface area contributed by atoms with Crippen molar-refractivity contribution in [2.75, 3.05) is 27.4 Å². The van der Waals surface area contributed by atoms with Gasteiger partial charge in [-0.25, -0.2) is 0 Å². The Morgan fingerprint density at radius 3 is 2.45 bits per heavy atom. The number of amides is 1. The molecule has 1 aromatic rings. The average molecular weight is 309 g/mol. The highest BCUT2D eigenvalue weighted by Gasteiger charge is 2.08. The molecule has 1 N–H and O–H groups in total. The monoisotopic (exact) mass is 309 g/mol. The molecule has 1 rings (SSSR count). The molecule has 6 heteroatoms. The number of methoxy groups -OCH3 is 2. The highest BCUT2D eigenvalue weighted by atomic mass is 16.5. The van der Waals surface area contributed by atoms with Crippen LogP contribution in [0.5, 0.6) is 11.5 Å². The first-order chi connectivity index (χ1) is 10.6. The van der Waals surface area contributed by atoms with Gasteiger partial charge in [0.25, 0.3) is 0 Å². The van der Waals surface area contributed by atoms with Crippen LogP contribution in [0.4, 0.5) is 0 Å². The van der Waals surface area contributed by atoms with Crippen molar-refractivity contribution in [3.63, 3.8) is 0 Å². The van der Waals surface area contributed by atoms with Gasteiger partial charge in [-0.1, -0.05) is 6.07 Å². The molecule has 0 heterocycles. The van der Waals surface area contributed by atoms with Crippen LogP contribution in [-0.4, -0.2) is 39.2 Å². The number of hydrogen-bond donors (Lipinski definition) is 1. The number of carbonyl (C=O) groups excluding carboxylic acids is 2. The van der Waals surface area contributed by atoms with Gasteiger partial charge in [-0.15, -0.1) is 0 Å². The predicted molar refractivity (Wildman–Crippen MR) is 82.1 cm³/mol. The molecule has 0 aliphatic carbocycles. The lowest BCUT2D eigenvalue weighted by Crippen LogP contribution is -2.26. The molecular formula is C16H23NO5. The standard InChI is InChI=1S/C16H23NO5/c1-4-22-16(19)9-10-17-15(18)8-6-12-5-7-13(20-2)14(11-12)21-3/h5,7,11H,4,6,8-10H2,1-3H3,(H,17,18). The second-order valence-electron chi connectivity index (χ2n) is 4.59. The highest BCUT2D eigenvalue weighted by Crippen LogP contribution is 2.27. The first kappa shape index (κ1) is 17.8. The fourth-order valence-electron chi connectivity index (χ4n) is 1.92. The Balaban J connectivity index is 2.36. The highest BCUT2D eigenvalue weighted by molar-refractivity contribution is 5.77. The number of rotatable bonds is 9. The molecule has 0 aliphatic heterocycles. The molecule has 0 aromatic heterocycles. The summed E-state index contributed by atoms with van der Waals surface area (Å²) in [5.41, 5.74) is 0.984. The number of ether oxygens (including phenoxy) is 3. The van der Waals surface area contributed by atoms with Gasteiger partial charge in [0.1, 0.15) is 0 Å². The second kappa shape index (κ2) is 9.65. The third-order valence-corrected chi connectivity index (χ3v) is 3.05. The van der Waals surface area contributed by atoms with Crippen molar-refractivity contribution in [3.8, 4) is 11.5 Å². The molecule has 0 aliphatic rings. The maximum atomic E-state index is 11.7. The lowest BCUT2D eigenvalue weighted by atomic mass is 10.1. The zero-order chi connectivity index (χ0) is 16.4. The van der Waals surface area contributed by atoms with E-state index in [1.165, 1.54) is 0 Å². The Labute approximate surface area is 130 Å². The molecule has 1 aromatic carbocycles. The summed E-state index contributed by atoms with van der Waals surface area (Å²) < 4.78 is 15.2. The summed E-state index contributed by atoms with van der Waals surface area (Å²) in [6.07, 6.45) is 1.12. The van der Waals surface area contributed by atoms with Crippen LogP contribution >= 0.6 is 0 Å². The van der Waals surface area contributed by atoms with Crippen molar-refractivity contribution in [1.82, 2.24) is 5.32 Å². The van der Waals surface area contributed by atoms with E-state index in [2.05, 4.69) is 5.32 Å². The summed E-state index contributed by atoms with van der Waals surface area (Å²) in [4.78, 5) is 22.8. The first-order valence-corrected chi connectivity index (χ1v) is 7.24. The van der Waals surface area contributed by atoms with Crippen molar-refractivity contribution >= 4 is 11.9 Å². The molecule has 0 atom stereocenters. The molecule has 0 spiro atoms. The fraction of sp³-hybridized carbons (Fsp3) is 0.500. The number of nitrogens with one attached hydrogen (secondary N) is 1. The normalized spacial score (nSPS) is 9.95. The van der Waals surface area contributed by atoms with Gasteiger partial charge in [-0.2, -0.15) is 0 Å². The minimum Gasteiger partial charge on any atom is -0.493 e. The van der Waals surface area contributed by atoms with Crippen LogP contribution in [0.25, 0.3) is 0 Å². The van der Waals surface area contributed by atoms with Crippen molar-refractivity contribution < 1.29 is 23.8 Å². The summed E-state index contributed by atoms with van der Waals surface area (Å²) in [5, 5.41) is 2.70. The summed E-state index contributed by atoms with van der Waals surface area (Å²) in [5.74, 6) is 0.898. The number of esters is 1. The van der Waals surface area contributed by atoms with Crippen LogP contribution in [0.1, 0.15) is 25.3 Å². The van der Waals surface area contributed by atoms with Gasteiger partial charge < -0.3 is 19.5 Å². The van der Waals surface area contributed by atoms with Crippen LogP contribution in [0.15, 0.2) is 18.2 Å². The summed E-state index contributed by atoms with van der Waals surface area (Å²) in [6, 6.07) is 5.56. The van der Waals surface area contributed by atoms with Crippen LogP contribution in [0.3, 0.4) is 0 Å². The van der Waals surface area contributed by atoms with E-state index in [9.17, 15) is 9.59 Å². The Morgan fingerprint density at radius 1 is 1.09 bits per heavy atom. The van der Waals surface area contributed by atoms with Gasteiger partial charge >= 0.3 is 5.97 Å². The van der Waals surface area contributed by atoms with Gasteiger partial charge in [0.2, 0.25) is 5.91 Å². The molecule has 6 nitrogen and oxygen atoms in total. The van der Waals surface area contributed by atoms with Crippen molar-refractivity contribution in [2.45, 2.75) is 26.2 Å². The van der Waals surface area contributed by atoms with E-state index in [1.54, 1.807) is 21.1 Å². The molecule has 0 fully saturated rings. The van der Waals surface area contributed by atoms with Crippen molar-refractivity contribution in [1.29, 1.82) is 0 Å². The van der Waals surface area contributed by atoms with Crippen LogP contribution < -0.4 is 14.8 Å². The van der Waals surface area contributed by atoms with Crippen LogP contribution in [0.2, 0.25) is 0 Å². The van der Waals surface area contributed by atoms with E-state index < -0.39 is 0 Å². The third kappa shape index (κ3) is 6.03. The Kier molecular flexibility index (Phi) is 7.81. The molecule has 0 saturated carbocycles. The average Bonchev–Trinajstić information content (AvgIpc) is 2.52. The van der Waals surface area contributed by atoms with Gasteiger partial charge in [-0.3, -0.25) is 9.59 Å². The van der Waals surface area contributed by atoms with E-state index in [1.807, 2.05) is 18.2 Å². The van der Waals surface area contributed by atoms with Gasteiger partial charge in [0.15, 0.2) is 11.5 Å². The minimum absolute atomic E-state index is 0.0981. The molecule has 122 valence electrons. The third-order valence-electron chi connectivity index (χ3n) is 3.05. The van der Waals surface area contributed by atoms with Gasteiger partial charge in [0.05, 0.1) is 27.2 Å². The summed E-state index contributed by atoms with van der Waals surface area (Å²) in [6.45, 7) is 2.40. The van der Waals surface area contributed by atoms with E-state index in [4.69, 9.17) is 14.2 Å². The quantitative estimate of drug-likeness (QED) is 0.703. The Bertz CT molecular complexity index is 501. The number of aryl methyl sites for hydroxylation is 1. The Hall–Kier alpha value is -2.24. The zero-order valence-corrected chi connectivity index (χ0v) is 13.3. The van der Waals surface area contributed by atoms with E-state index in [-0.39, 0.29) is 18.3 Å². The molecule has 0 radical (unpaired) electrons. The molecular weight excluding hydrogens is 286 g/mol. The van der Waals surface area contributed by atoms with E-state index in [0.29, 0.717) is 37.5 Å². The lowest BCUT2D eigenvalue weighted by molar-refractivity contribution is -0.143. The smallest absolute Gasteiger partial charge is 0.307 e. The molecule has 22 heavy (non-hydrogen) atoms. The topological polar surface area (TPSA) is 73.9 Å². The maximum absolute atomic E-state index is 11.7. The molecule has 0 bridgehead atoms. The Morgan fingerprint density at radius 2 is 1.82 bits per heavy atom. The number of hydrogen-bond acceptors (Lipinski definition) is 5. The van der Waals surface area contributed by atoms with Crippen molar-refractivity contribution in [2.24, 2.45) is 0 Å². The first-order valence-electron chi connectivity index (χ1n) is 7.24. The van der Waals surface area contributed by atoms with Crippen LogP contribution in [0, 0.1) is 0 Å². The fourth-order valence-corrected chi connectivity index (χ4v) is 1.92. The predicted octanol–water partition coefficient (Wildman–Crippen LogP) is 1.71. The van der Waals surface area contributed by atoms with Gasteiger partial charge in [0, 0.05) is 13.0 Å². The molecule has 0 unspecified atom stereocenters. The van der Waals surface area contributed by atoms with E-state index in [0.717, 1.165) is 5.56 Å². The lowest BCUT2D eigenvalue weighted by Gasteiger charge is -2.09. The van der Waals surface area contributed by atoms with Crippen molar-refractivity contribution in [3.05, 3.63) is 23.8 Å². The number of benzene rings is 1.